The minimum absolute atomic E-state index is 0.0951. The third-order valence-corrected chi connectivity index (χ3v) is 5.21. The molecule has 0 atom stereocenters. The molecule has 0 unspecified atom stereocenters. The molecule has 0 aliphatic heterocycles. The van der Waals surface area contributed by atoms with Crippen molar-refractivity contribution in [1.29, 1.82) is 0 Å². The average Bonchev–Trinajstić information content (AvgIpc) is 3.08. The second-order valence-corrected chi connectivity index (χ2v) is 6.85. The van der Waals surface area contributed by atoms with Gasteiger partial charge in [0.2, 0.25) is 0 Å². The van der Waals surface area contributed by atoms with E-state index in [0.29, 0.717) is 17.5 Å². The highest BCUT2D eigenvalue weighted by atomic mass is 32.1. The smallest absolute Gasteiger partial charge is 0.265 e. The Morgan fingerprint density at radius 3 is 2.80 bits per heavy atom. The van der Waals surface area contributed by atoms with Gasteiger partial charge >= 0.3 is 0 Å². The van der Waals surface area contributed by atoms with Gasteiger partial charge in [0, 0.05) is 18.0 Å². The summed E-state index contributed by atoms with van der Waals surface area (Å²) in [5.41, 5.74) is 5.72. The number of nitrogens with two attached hydrogens (primary N) is 1. The normalized spacial score (nSPS) is 20.2. The summed E-state index contributed by atoms with van der Waals surface area (Å²) in [7, 11) is 0. The van der Waals surface area contributed by atoms with E-state index in [9.17, 15) is 9.90 Å². The van der Waals surface area contributed by atoms with E-state index in [1.807, 2.05) is 0 Å². The van der Waals surface area contributed by atoms with Crippen molar-refractivity contribution in [2.45, 2.75) is 38.1 Å². The molecule has 6 nitrogen and oxygen atoms in total. The number of hydrogen-bond donors (Lipinski definition) is 4. The zero-order chi connectivity index (χ0) is 14.2. The number of aliphatic hydroxyl groups is 1. The number of carbonyl (C=O) groups is 1. The van der Waals surface area contributed by atoms with Crippen molar-refractivity contribution in [3.05, 3.63) is 4.88 Å². The highest BCUT2D eigenvalue weighted by Gasteiger charge is 2.42. The molecule has 110 valence electrons. The van der Waals surface area contributed by atoms with Gasteiger partial charge in [-0.3, -0.25) is 4.79 Å². The Morgan fingerprint density at radius 2 is 2.25 bits per heavy atom. The van der Waals surface area contributed by atoms with Gasteiger partial charge in [-0.05, 0) is 32.1 Å². The van der Waals surface area contributed by atoms with Crippen molar-refractivity contribution < 1.29 is 9.90 Å². The number of aliphatic hydroxyl groups excluding tert-OH is 1. The molecule has 2 saturated carbocycles. The zero-order valence-corrected chi connectivity index (χ0v) is 12.1. The summed E-state index contributed by atoms with van der Waals surface area (Å²) in [6.07, 6.45) is 5.49. The van der Waals surface area contributed by atoms with Gasteiger partial charge in [-0.2, -0.15) is 0 Å². The summed E-state index contributed by atoms with van der Waals surface area (Å²) in [5.74, 6) is 0.0875. The minimum atomic E-state index is -0.193. The quantitative estimate of drug-likeness (QED) is 0.632. The first-order valence-corrected chi connectivity index (χ1v) is 7.85. The van der Waals surface area contributed by atoms with Crippen LogP contribution >= 0.6 is 11.3 Å². The van der Waals surface area contributed by atoms with E-state index < -0.39 is 0 Å². The standard InChI is InChI=1S/C13H20N4O2S/c14-10-9(11(19)15-6-13(7-18)4-5-13)20-12(17-10)16-8-2-1-3-8/h8,18H,1-7,14H2,(H,15,19)(H,16,17). The van der Waals surface area contributed by atoms with Gasteiger partial charge in [-0.15, -0.1) is 0 Å². The van der Waals surface area contributed by atoms with Crippen LogP contribution in [0.3, 0.4) is 0 Å². The van der Waals surface area contributed by atoms with Crippen LogP contribution in [0.5, 0.6) is 0 Å². The van der Waals surface area contributed by atoms with E-state index in [0.717, 1.165) is 30.8 Å². The molecule has 3 rings (SSSR count). The predicted octanol–water partition coefficient (Wildman–Crippen LogP) is 1.19. The predicted molar refractivity (Wildman–Crippen MR) is 78.9 cm³/mol. The fourth-order valence-corrected chi connectivity index (χ4v) is 3.08. The molecule has 7 heteroatoms. The number of anilines is 2. The fourth-order valence-electron chi connectivity index (χ4n) is 2.20. The summed E-state index contributed by atoms with van der Waals surface area (Å²) in [5, 5.41) is 16.1. The summed E-state index contributed by atoms with van der Waals surface area (Å²) in [6, 6.07) is 0.473. The van der Waals surface area contributed by atoms with Gasteiger partial charge in [0.15, 0.2) is 5.13 Å². The number of amides is 1. The molecular weight excluding hydrogens is 276 g/mol. The molecule has 20 heavy (non-hydrogen) atoms. The van der Waals surface area contributed by atoms with Gasteiger partial charge in [-0.1, -0.05) is 11.3 Å². The van der Waals surface area contributed by atoms with E-state index >= 15 is 0 Å². The highest BCUT2D eigenvalue weighted by Crippen LogP contribution is 2.44. The van der Waals surface area contributed by atoms with Gasteiger partial charge in [0.25, 0.3) is 5.91 Å². The van der Waals surface area contributed by atoms with Crippen molar-refractivity contribution in [1.82, 2.24) is 10.3 Å². The molecule has 0 radical (unpaired) electrons. The Morgan fingerprint density at radius 1 is 1.50 bits per heavy atom. The van der Waals surface area contributed by atoms with E-state index in [2.05, 4.69) is 15.6 Å². The van der Waals surface area contributed by atoms with Crippen LogP contribution in [0.2, 0.25) is 0 Å². The summed E-state index contributed by atoms with van der Waals surface area (Å²) in [6.45, 7) is 0.630. The maximum absolute atomic E-state index is 12.1. The van der Waals surface area contributed by atoms with Crippen LogP contribution in [0.15, 0.2) is 0 Å². The lowest BCUT2D eigenvalue weighted by atomic mass is 9.93. The molecule has 2 aliphatic carbocycles. The van der Waals surface area contributed by atoms with Crippen LogP contribution in [-0.2, 0) is 0 Å². The van der Waals surface area contributed by atoms with Gasteiger partial charge in [0.05, 0.1) is 6.61 Å². The Balaban J connectivity index is 1.59. The number of thiazole rings is 1. The molecular formula is C13H20N4O2S. The molecule has 0 spiro atoms. The molecule has 1 amide bonds. The summed E-state index contributed by atoms with van der Waals surface area (Å²) < 4.78 is 0. The van der Waals surface area contributed by atoms with Crippen LogP contribution in [-0.4, -0.2) is 35.2 Å². The van der Waals surface area contributed by atoms with Gasteiger partial charge < -0.3 is 21.5 Å². The third-order valence-electron chi connectivity index (χ3n) is 4.21. The van der Waals surface area contributed by atoms with E-state index in [1.165, 1.54) is 17.8 Å². The van der Waals surface area contributed by atoms with Crippen LogP contribution in [0.25, 0.3) is 0 Å². The second kappa shape index (κ2) is 5.21. The first-order valence-electron chi connectivity index (χ1n) is 7.04. The van der Waals surface area contributed by atoms with Gasteiger partial charge in [0.1, 0.15) is 10.7 Å². The Bertz CT molecular complexity index is 508. The number of hydrogen-bond acceptors (Lipinski definition) is 6. The lowest BCUT2D eigenvalue weighted by molar-refractivity contribution is 0.0940. The first kappa shape index (κ1) is 13.6. The summed E-state index contributed by atoms with van der Waals surface area (Å²) in [4.78, 5) is 16.8. The molecule has 1 aromatic rings. The van der Waals surface area contributed by atoms with Crippen molar-refractivity contribution in [3.8, 4) is 0 Å². The maximum Gasteiger partial charge on any atom is 0.265 e. The Labute approximate surface area is 121 Å². The molecule has 1 aromatic heterocycles. The van der Waals surface area contributed by atoms with E-state index in [4.69, 9.17) is 5.73 Å². The average molecular weight is 296 g/mol. The molecule has 5 N–H and O–H groups in total. The van der Waals surface area contributed by atoms with Crippen molar-refractivity contribution in [3.63, 3.8) is 0 Å². The monoisotopic (exact) mass is 296 g/mol. The van der Waals surface area contributed by atoms with Crippen LogP contribution in [0, 0.1) is 5.41 Å². The topological polar surface area (TPSA) is 100 Å². The highest BCUT2D eigenvalue weighted by molar-refractivity contribution is 7.18. The molecule has 0 bridgehead atoms. The Kier molecular flexibility index (Phi) is 3.55. The number of nitrogens with one attached hydrogen (secondary N) is 2. The maximum atomic E-state index is 12.1. The lowest BCUT2D eigenvalue weighted by Gasteiger charge is -2.25. The number of carbonyl (C=O) groups excluding carboxylic acids is 1. The molecule has 1 heterocycles. The minimum Gasteiger partial charge on any atom is -0.396 e. The number of rotatable bonds is 6. The largest absolute Gasteiger partial charge is 0.396 e. The molecule has 2 aliphatic rings. The molecule has 2 fully saturated rings. The van der Waals surface area contributed by atoms with Crippen molar-refractivity contribution in [2.75, 3.05) is 24.2 Å². The third kappa shape index (κ3) is 2.73. The van der Waals surface area contributed by atoms with E-state index in [1.54, 1.807) is 0 Å². The number of nitrogen functional groups attached to an aromatic ring is 1. The second-order valence-electron chi connectivity index (χ2n) is 5.85. The first-order chi connectivity index (χ1) is 9.62. The van der Waals surface area contributed by atoms with Crippen molar-refractivity contribution in [2.24, 2.45) is 5.41 Å². The molecule has 0 aromatic carbocycles. The van der Waals surface area contributed by atoms with Crippen LogP contribution in [0.4, 0.5) is 10.9 Å². The van der Waals surface area contributed by atoms with Gasteiger partial charge in [-0.25, -0.2) is 4.98 Å². The number of nitrogens with zero attached hydrogens (tertiary/aromatic N) is 1. The molecule has 0 saturated heterocycles. The number of aromatic nitrogens is 1. The van der Waals surface area contributed by atoms with Crippen LogP contribution < -0.4 is 16.4 Å². The zero-order valence-electron chi connectivity index (χ0n) is 11.3. The fraction of sp³-hybridized carbons (Fsp3) is 0.692. The lowest BCUT2D eigenvalue weighted by Crippen LogP contribution is -2.31. The van der Waals surface area contributed by atoms with Crippen LogP contribution in [0.1, 0.15) is 41.8 Å². The van der Waals surface area contributed by atoms with Crippen molar-refractivity contribution >= 4 is 28.2 Å². The Hall–Kier alpha value is -1.34. The van der Waals surface area contributed by atoms with E-state index in [-0.39, 0.29) is 23.7 Å². The SMILES string of the molecule is Nc1nc(NC2CCC2)sc1C(=O)NCC1(CO)CC1. The summed E-state index contributed by atoms with van der Waals surface area (Å²) >= 11 is 1.30.